The summed E-state index contributed by atoms with van der Waals surface area (Å²) in [5, 5.41) is 3.19. The molecule has 196 valence electrons. The molecular weight excluding hydrogens is 477 g/mol. The predicted octanol–water partition coefficient (Wildman–Crippen LogP) is 3.81. The molecule has 0 spiro atoms. The summed E-state index contributed by atoms with van der Waals surface area (Å²) < 4.78 is 29.5. The van der Waals surface area contributed by atoms with E-state index in [1.54, 1.807) is 36.5 Å². The van der Waals surface area contributed by atoms with Crippen LogP contribution in [-0.4, -0.2) is 79.0 Å². The number of carbonyl (C=O) groups excluding carboxylic acids is 1. The molecule has 1 aliphatic rings. The van der Waals surface area contributed by atoms with Crippen molar-refractivity contribution in [2.45, 2.75) is 18.8 Å². The maximum absolute atomic E-state index is 13.7. The van der Waals surface area contributed by atoms with Crippen LogP contribution in [0.4, 0.5) is 15.9 Å². The van der Waals surface area contributed by atoms with Crippen molar-refractivity contribution < 1.29 is 23.4 Å². The molecule has 2 aromatic heterocycles. The van der Waals surface area contributed by atoms with E-state index in [0.29, 0.717) is 62.5 Å². The molecule has 3 heterocycles. The Morgan fingerprint density at radius 2 is 1.97 bits per heavy atom. The van der Waals surface area contributed by atoms with E-state index in [1.807, 2.05) is 18.2 Å². The van der Waals surface area contributed by atoms with E-state index in [4.69, 9.17) is 24.2 Å². The molecule has 1 amide bonds. The van der Waals surface area contributed by atoms with Crippen molar-refractivity contribution >= 4 is 17.4 Å². The number of halogens is 1. The lowest BCUT2D eigenvalue weighted by Gasteiger charge is -2.32. The van der Waals surface area contributed by atoms with Crippen molar-refractivity contribution in [1.29, 1.82) is 0 Å². The van der Waals surface area contributed by atoms with E-state index >= 15 is 0 Å². The van der Waals surface area contributed by atoms with Gasteiger partial charge >= 0.3 is 0 Å². The van der Waals surface area contributed by atoms with Crippen LogP contribution in [0.1, 0.15) is 24.6 Å². The summed E-state index contributed by atoms with van der Waals surface area (Å²) in [4.78, 5) is 28.4. The molecule has 0 saturated carbocycles. The first-order valence-corrected chi connectivity index (χ1v) is 12.4. The van der Waals surface area contributed by atoms with Gasteiger partial charge in [0.1, 0.15) is 24.1 Å². The van der Waals surface area contributed by atoms with Gasteiger partial charge in [0, 0.05) is 55.8 Å². The minimum absolute atomic E-state index is 0.00329. The molecule has 1 aromatic carbocycles. The molecule has 1 N–H and O–H groups in total. The lowest BCUT2D eigenvalue weighted by Crippen LogP contribution is -2.41. The van der Waals surface area contributed by atoms with Crippen molar-refractivity contribution in [1.82, 2.24) is 19.9 Å². The number of likely N-dealkylation sites (tertiary alicyclic amines) is 1. The number of benzene rings is 1. The highest BCUT2D eigenvalue weighted by Gasteiger charge is 2.27. The number of methoxy groups -OCH3 is 1. The Bertz CT molecular complexity index is 1150. The number of nitrogens with zero attached hydrogens (tertiary/aromatic N) is 4. The summed E-state index contributed by atoms with van der Waals surface area (Å²) in [6.07, 6.45) is 5.14. The average Bonchev–Trinajstić information content (AvgIpc) is 2.93. The van der Waals surface area contributed by atoms with Crippen LogP contribution in [-0.2, 0) is 19.0 Å². The maximum Gasteiger partial charge on any atom is 0.248 e. The van der Waals surface area contributed by atoms with E-state index in [2.05, 4.69) is 10.3 Å². The second kappa shape index (κ2) is 13.7. The van der Waals surface area contributed by atoms with Crippen LogP contribution in [0.15, 0.2) is 54.9 Å². The standard InChI is InChI=1S/C27H32FN5O4/c1-35-11-12-36-13-14-37-19-26(34)33-10-4-6-21(18-33)27-31-24(20-5-3-9-29-17-20)16-25(32-27)30-23-8-2-7-22(28)15-23/h2-3,5,7-9,15-17,21H,4,6,10-14,18-19H2,1H3,(H,30,31,32). The second-order valence-electron chi connectivity index (χ2n) is 8.71. The van der Waals surface area contributed by atoms with Crippen molar-refractivity contribution in [2.24, 2.45) is 0 Å². The zero-order chi connectivity index (χ0) is 25.9. The van der Waals surface area contributed by atoms with Gasteiger partial charge in [-0.15, -0.1) is 0 Å². The maximum atomic E-state index is 13.7. The number of piperidine rings is 1. The SMILES string of the molecule is COCCOCCOCC(=O)N1CCCC(c2nc(Nc3cccc(F)c3)cc(-c3cccnc3)n2)C1. The predicted molar refractivity (Wildman–Crippen MR) is 137 cm³/mol. The number of rotatable bonds is 12. The van der Waals surface area contributed by atoms with Gasteiger partial charge in [-0.05, 0) is 43.2 Å². The van der Waals surface area contributed by atoms with Gasteiger partial charge in [-0.2, -0.15) is 0 Å². The summed E-state index contributed by atoms with van der Waals surface area (Å²) in [7, 11) is 1.62. The van der Waals surface area contributed by atoms with Crippen LogP contribution >= 0.6 is 0 Å². The molecular formula is C27H32FN5O4. The van der Waals surface area contributed by atoms with Gasteiger partial charge in [0.15, 0.2) is 0 Å². The number of carbonyl (C=O) groups is 1. The quantitative estimate of drug-likeness (QED) is 0.368. The summed E-state index contributed by atoms with van der Waals surface area (Å²) in [5.41, 5.74) is 2.14. The van der Waals surface area contributed by atoms with Crippen LogP contribution in [0.2, 0.25) is 0 Å². The fraction of sp³-hybridized carbons (Fsp3) is 0.407. The summed E-state index contributed by atoms with van der Waals surface area (Å²) in [6.45, 7) is 2.95. The molecule has 37 heavy (non-hydrogen) atoms. The Labute approximate surface area is 216 Å². The molecule has 0 aliphatic carbocycles. The number of nitrogens with one attached hydrogen (secondary N) is 1. The highest BCUT2D eigenvalue weighted by Crippen LogP contribution is 2.29. The van der Waals surface area contributed by atoms with Gasteiger partial charge in [-0.25, -0.2) is 14.4 Å². The second-order valence-corrected chi connectivity index (χ2v) is 8.71. The first kappa shape index (κ1) is 26.6. The average molecular weight is 510 g/mol. The number of hydrogen-bond acceptors (Lipinski definition) is 8. The van der Waals surface area contributed by atoms with Crippen LogP contribution in [0, 0.1) is 5.82 Å². The zero-order valence-corrected chi connectivity index (χ0v) is 20.9. The Hall–Kier alpha value is -3.47. The van der Waals surface area contributed by atoms with Gasteiger partial charge in [-0.1, -0.05) is 6.07 Å². The fourth-order valence-corrected chi connectivity index (χ4v) is 4.12. The molecule has 3 aromatic rings. The van der Waals surface area contributed by atoms with Crippen LogP contribution in [0.5, 0.6) is 0 Å². The topological polar surface area (TPSA) is 98.7 Å². The van der Waals surface area contributed by atoms with E-state index in [0.717, 1.165) is 18.4 Å². The van der Waals surface area contributed by atoms with Gasteiger partial charge in [0.25, 0.3) is 0 Å². The zero-order valence-electron chi connectivity index (χ0n) is 20.9. The van der Waals surface area contributed by atoms with E-state index in [9.17, 15) is 9.18 Å². The van der Waals surface area contributed by atoms with E-state index < -0.39 is 0 Å². The Balaban J connectivity index is 1.45. The number of ether oxygens (including phenoxy) is 3. The third kappa shape index (κ3) is 8.01. The largest absolute Gasteiger partial charge is 0.382 e. The van der Waals surface area contributed by atoms with Crippen LogP contribution < -0.4 is 5.32 Å². The molecule has 0 bridgehead atoms. The smallest absolute Gasteiger partial charge is 0.248 e. The minimum atomic E-state index is -0.336. The van der Waals surface area contributed by atoms with Crippen molar-refractivity contribution in [2.75, 3.05) is 58.6 Å². The Morgan fingerprint density at radius 3 is 2.78 bits per heavy atom. The third-order valence-electron chi connectivity index (χ3n) is 5.97. The first-order valence-electron chi connectivity index (χ1n) is 12.4. The van der Waals surface area contributed by atoms with Crippen LogP contribution in [0.3, 0.4) is 0 Å². The van der Waals surface area contributed by atoms with E-state index in [1.165, 1.54) is 12.1 Å². The molecule has 1 atom stereocenters. The van der Waals surface area contributed by atoms with Crippen LogP contribution in [0.25, 0.3) is 11.3 Å². The van der Waals surface area contributed by atoms with Gasteiger partial charge in [-0.3, -0.25) is 9.78 Å². The monoisotopic (exact) mass is 509 g/mol. The number of hydrogen-bond donors (Lipinski definition) is 1. The third-order valence-corrected chi connectivity index (χ3v) is 5.97. The van der Waals surface area contributed by atoms with Crippen molar-refractivity contribution in [3.05, 3.63) is 66.5 Å². The molecule has 1 aliphatic heterocycles. The Kier molecular flexibility index (Phi) is 9.87. The summed E-state index contributed by atoms with van der Waals surface area (Å²) in [5.74, 6) is 0.736. The summed E-state index contributed by atoms with van der Waals surface area (Å²) in [6, 6.07) is 11.8. The molecule has 10 heteroatoms. The highest BCUT2D eigenvalue weighted by molar-refractivity contribution is 5.77. The van der Waals surface area contributed by atoms with E-state index in [-0.39, 0.29) is 24.2 Å². The fourth-order valence-electron chi connectivity index (χ4n) is 4.12. The van der Waals surface area contributed by atoms with Crippen molar-refractivity contribution in [3.63, 3.8) is 0 Å². The molecule has 0 radical (unpaired) electrons. The molecule has 1 saturated heterocycles. The number of aromatic nitrogens is 3. The normalized spacial score (nSPS) is 15.5. The number of amides is 1. The molecule has 9 nitrogen and oxygen atoms in total. The number of anilines is 2. The highest BCUT2D eigenvalue weighted by atomic mass is 19.1. The lowest BCUT2D eigenvalue weighted by atomic mass is 9.96. The van der Waals surface area contributed by atoms with Crippen molar-refractivity contribution in [3.8, 4) is 11.3 Å². The summed E-state index contributed by atoms with van der Waals surface area (Å²) >= 11 is 0. The number of pyridine rings is 1. The molecule has 4 rings (SSSR count). The molecule has 1 unspecified atom stereocenters. The van der Waals surface area contributed by atoms with Gasteiger partial charge in [0.05, 0.1) is 32.1 Å². The first-order chi connectivity index (χ1) is 18.1. The van der Waals surface area contributed by atoms with Gasteiger partial charge < -0.3 is 24.4 Å². The molecule has 1 fully saturated rings. The Morgan fingerprint density at radius 1 is 1.11 bits per heavy atom. The van der Waals surface area contributed by atoms with Gasteiger partial charge in [0.2, 0.25) is 5.91 Å². The lowest BCUT2D eigenvalue weighted by molar-refractivity contribution is -0.138. The minimum Gasteiger partial charge on any atom is -0.382 e.